The molecule has 0 radical (unpaired) electrons. The Kier molecular flexibility index (Phi) is 8.71. The van der Waals surface area contributed by atoms with Crippen molar-refractivity contribution >= 4 is 30.6 Å². The molecular weight excluding hydrogens is 490 g/mol. The van der Waals surface area contributed by atoms with Gasteiger partial charge in [0, 0.05) is 74.3 Å². The van der Waals surface area contributed by atoms with E-state index in [1.807, 2.05) is 11.6 Å². The number of hydrogen-bond acceptors (Lipinski definition) is 7. The van der Waals surface area contributed by atoms with E-state index in [-0.39, 0.29) is 30.6 Å². The van der Waals surface area contributed by atoms with Gasteiger partial charge in [0.1, 0.15) is 11.5 Å². The van der Waals surface area contributed by atoms with Gasteiger partial charge in [-0.25, -0.2) is 24.0 Å². The molecule has 0 unspecified atom stereocenters. The molecule has 0 bridgehead atoms. The van der Waals surface area contributed by atoms with E-state index >= 15 is 0 Å². The molecule has 1 saturated heterocycles. The summed E-state index contributed by atoms with van der Waals surface area (Å²) in [5.41, 5.74) is 4.91. The summed E-state index contributed by atoms with van der Waals surface area (Å²) in [4.78, 5) is 22.5. The summed E-state index contributed by atoms with van der Waals surface area (Å²) >= 11 is 0. The van der Waals surface area contributed by atoms with Crippen molar-refractivity contribution in [3.8, 4) is 17.2 Å². The molecule has 1 fully saturated rings. The third-order valence-corrected chi connectivity index (χ3v) is 6.03. The van der Waals surface area contributed by atoms with Gasteiger partial charge in [0.05, 0.1) is 5.69 Å². The predicted octanol–water partition coefficient (Wildman–Crippen LogP) is 4.04. The number of rotatable bonds is 5. The maximum absolute atomic E-state index is 13.4. The van der Waals surface area contributed by atoms with Crippen LogP contribution < -0.4 is 4.90 Å². The largest absolute Gasteiger partial charge is 0.352 e. The predicted molar refractivity (Wildman–Crippen MR) is 138 cm³/mol. The minimum Gasteiger partial charge on any atom is -0.352 e. The Morgan fingerprint density at radius 1 is 0.829 bits per heavy atom. The Morgan fingerprint density at radius 2 is 1.49 bits per heavy atom. The molecule has 5 rings (SSSR count). The van der Waals surface area contributed by atoms with Crippen molar-refractivity contribution in [2.24, 2.45) is 0 Å². The molecule has 184 valence electrons. The van der Waals surface area contributed by atoms with Gasteiger partial charge in [-0.2, -0.15) is 5.10 Å². The third kappa shape index (κ3) is 5.58. The van der Waals surface area contributed by atoms with E-state index in [0.717, 1.165) is 61.2 Å². The zero-order chi connectivity index (χ0) is 22.8. The van der Waals surface area contributed by atoms with Crippen LogP contribution in [0.15, 0.2) is 55.1 Å². The number of aromatic nitrogens is 6. The molecule has 1 aromatic carbocycles. The van der Waals surface area contributed by atoms with Crippen LogP contribution in [-0.2, 0) is 6.54 Å². The van der Waals surface area contributed by atoms with Crippen molar-refractivity contribution in [3.63, 3.8) is 0 Å². The van der Waals surface area contributed by atoms with Crippen LogP contribution in [0, 0.1) is 19.7 Å². The molecule has 11 heteroatoms. The lowest BCUT2D eigenvalue weighted by Gasteiger charge is -2.36. The second-order valence-corrected chi connectivity index (χ2v) is 8.11. The second-order valence-electron chi connectivity index (χ2n) is 8.11. The summed E-state index contributed by atoms with van der Waals surface area (Å²) in [5.74, 6) is 1.17. The van der Waals surface area contributed by atoms with Gasteiger partial charge >= 0.3 is 0 Å². The van der Waals surface area contributed by atoms with E-state index in [1.54, 1.807) is 43.0 Å². The van der Waals surface area contributed by atoms with Gasteiger partial charge in [0.15, 0.2) is 5.82 Å². The molecule has 3 aromatic heterocycles. The molecule has 8 nitrogen and oxygen atoms in total. The highest BCUT2D eigenvalue weighted by molar-refractivity contribution is 5.85. The smallest absolute Gasteiger partial charge is 0.250 e. The van der Waals surface area contributed by atoms with Crippen LogP contribution >= 0.6 is 24.8 Å². The number of aryl methyl sites for hydroxylation is 1. The lowest BCUT2D eigenvalue weighted by molar-refractivity contribution is 0.248. The van der Waals surface area contributed by atoms with Gasteiger partial charge in [-0.05, 0) is 44.2 Å². The summed E-state index contributed by atoms with van der Waals surface area (Å²) in [6.07, 6.45) is 6.84. The maximum Gasteiger partial charge on any atom is 0.250 e. The molecule has 1 aliphatic rings. The van der Waals surface area contributed by atoms with Crippen LogP contribution in [0.3, 0.4) is 0 Å². The summed E-state index contributed by atoms with van der Waals surface area (Å²) in [7, 11) is 0. The van der Waals surface area contributed by atoms with Crippen molar-refractivity contribution in [3.05, 3.63) is 77.9 Å². The minimum absolute atomic E-state index is 0. The van der Waals surface area contributed by atoms with E-state index in [2.05, 4.69) is 41.8 Å². The molecule has 0 N–H and O–H groups in total. The average molecular weight is 517 g/mol. The number of piperazine rings is 1. The van der Waals surface area contributed by atoms with Crippen molar-refractivity contribution in [2.45, 2.75) is 20.4 Å². The highest BCUT2D eigenvalue weighted by Gasteiger charge is 2.23. The van der Waals surface area contributed by atoms with E-state index in [9.17, 15) is 4.39 Å². The molecule has 4 heterocycles. The van der Waals surface area contributed by atoms with Crippen molar-refractivity contribution < 1.29 is 4.39 Å². The molecular formula is C24H27Cl2FN8. The van der Waals surface area contributed by atoms with Gasteiger partial charge in [-0.3, -0.25) is 9.88 Å². The first-order valence-electron chi connectivity index (χ1n) is 11.0. The first-order valence-corrected chi connectivity index (χ1v) is 11.0. The van der Waals surface area contributed by atoms with Crippen LogP contribution in [0.2, 0.25) is 0 Å². The Labute approximate surface area is 216 Å². The Hall–Kier alpha value is -3.14. The SMILES string of the molecule is Cc1nn(-c2ncccn2)c(C)c1CN1CCN(c2nccnc2-c2ccc(F)cc2)CC1.Cl.Cl. The number of benzene rings is 1. The van der Waals surface area contributed by atoms with Gasteiger partial charge < -0.3 is 4.90 Å². The number of nitrogens with zero attached hydrogens (tertiary/aromatic N) is 8. The third-order valence-electron chi connectivity index (χ3n) is 6.03. The minimum atomic E-state index is -0.259. The summed E-state index contributed by atoms with van der Waals surface area (Å²) in [5, 5.41) is 4.67. The molecule has 0 atom stereocenters. The normalized spacial score (nSPS) is 13.7. The molecule has 4 aromatic rings. The van der Waals surface area contributed by atoms with Gasteiger partial charge in [-0.1, -0.05) is 0 Å². The monoisotopic (exact) mass is 516 g/mol. The standard InChI is InChI=1S/C24H25FN8.2ClH/c1-17-21(18(2)33(30-17)24-28-8-3-9-29-24)16-31-12-14-32(15-13-31)23-22(26-10-11-27-23)19-4-6-20(25)7-5-19;;/h3-11H,12-16H2,1-2H3;2*1H. The van der Waals surface area contributed by atoms with Crippen molar-refractivity contribution in [1.29, 1.82) is 0 Å². The Balaban J connectivity index is 0.00000171. The zero-order valence-electron chi connectivity index (χ0n) is 19.5. The van der Waals surface area contributed by atoms with Crippen LogP contribution in [0.4, 0.5) is 10.2 Å². The van der Waals surface area contributed by atoms with Crippen molar-refractivity contribution in [1.82, 2.24) is 34.6 Å². The van der Waals surface area contributed by atoms with E-state index in [4.69, 9.17) is 0 Å². The van der Waals surface area contributed by atoms with Gasteiger partial charge in [0.25, 0.3) is 5.95 Å². The lowest BCUT2D eigenvalue weighted by atomic mass is 10.1. The van der Waals surface area contributed by atoms with Crippen LogP contribution in [0.25, 0.3) is 17.2 Å². The number of anilines is 1. The van der Waals surface area contributed by atoms with E-state index in [1.165, 1.54) is 17.7 Å². The zero-order valence-corrected chi connectivity index (χ0v) is 21.1. The highest BCUT2D eigenvalue weighted by Crippen LogP contribution is 2.28. The van der Waals surface area contributed by atoms with Gasteiger partial charge in [0.2, 0.25) is 0 Å². The molecule has 0 spiro atoms. The fraction of sp³-hybridized carbons (Fsp3) is 0.292. The first kappa shape index (κ1) is 26.5. The number of hydrogen-bond donors (Lipinski definition) is 0. The van der Waals surface area contributed by atoms with Crippen LogP contribution in [-0.4, -0.2) is 60.8 Å². The van der Waals surface area contributed by atoms with Crippen LogP contribution in [0.5, 0.6) is 0 Å². The topological polar surface area (TPSA) is 75.9 Å². The summed E-state index contributed by atoms with van der Waals surface area (Å²) < 4.78 is 15.2. The fourth-order valence-corrected chi connectivity index (χ4v) is 4.21. The fourth-order valence-electron chi connectivity index (χ4n) is 4.21. The molecule has 35 heavy (non-hydrogen) atoms. The Bertz CT molecular complexity index is 1240. The maximum atomic E-state index is 13.4. The quantitative estimate of drug-likeness (QED) is 0.396. The molecule has 0 amide bonds. The highest BCUT2D eigenvalue weighted by atomic mass is 35.5. The lowest BCUT2D eigenvalue weighted by Crippen LogP contribution is -2.46. The summed E-state index contributed by atoms with van der Waals surface area (Å²) in [6.45, 7) is 8.38. The van der Waals surface area contributed by atoms with Gasteiger partial charge in [-0.15, -0.1) is 24.8 Å². The Morgan fingerprint density at radius 3 is 2.17 bits per heavy atom. The number of halogens is 3. The summed E-state index contributed by atoms with van der Waals surface area (Å²) in [6, 6.07) is 8.21. The molecule has 0 saturated carbocycles. The second kappa shape index (κ2) is 11.5. The van der Waals surface area contributed by atoms with Crippen molar-refractivity contribution in [2.75, 3.05) is 31.1 Å². The average Bonchev–Trinajstić information content (AvgIpc) is 3.14. The van der Waals surface area contributed by atoms with E-state index in [0.29, 0.717) is 5.95 Å². The van der Waals surface area contributed by atoms with Crippen LogP contribution in [0.1, 0.15) is 17.0 Å². The van der Waals surface area contributed by atoms with E-state index < -0.39 is 0 Å². The molecule has 0 aliphatic carbocycles. The molecule has 1 aliphatic heterocycles. The first-order chi connectivity index (χ1) is 16.1.